The molecule has 0 radical (unpaired) electrons. The summed E-state index contributed by atoms with van der Waals surface area (Å²) in [5.74, 6) is 0. The molecule has 1 atom stereocenters. The number of alkyl halides is 2. The summed E-state index contributed by atoms with van der Waals surface area (Å²) in [6, 6.07) is 5.52. The van der Waals surface area contributed by atoms with Gasteiger partial charge in [-0.2, -0.15) is 5.10 Å². The van der Waals surface area contributed by atoms with E-state index in [9.17, 15) is 17.2 Å². The zero-order valence-corrected chi connectivity index (χ0v) is 10.5. The van der Waals surface area contributed by atoms with Crippen LogP contribution in [0.15, 0.2) is 34.3 Å². The lowest BCUT2D eigenvalue weighted by Crippen LogP contribution is -2.30. The Labute approximate surface area is 108 Å². The summed E-state index contributed by atoms with van der Waals surface area (Å²) in [5.41, 5.74) is 1.78. The molecule has 8 heteroatoms. The van der Waals surface area contributed by atoms with Crippen molar-refractivity contribution in [1.29, 1.82) is 0 Å². The SMILES string of the molecule is O=S(=O)(c1ccc(Cl)cc1)C1CC(C(F)F)=NN1. The Morgan fingerprint density at radius 2 is 1.94 bits per heavy atom. The van der Waals surface area contributed by atoms with Crippen LogP contribution in [0.1, 0.15) is 6.42 Å². The van der Waals surface area contributed by atoms with Crippen LogP contribution in [0.4, 0.5) is 8.78 Å². The van der Waals surface area contributed by atoms with Crippen molar-refractivity contribution in [3.05, 3.63) is 29.3 Å². The molecule has 98 valence electrons. The first-order valence-electron chi connectivity index (χ1n) is 5.01. The highest BCUT2D eigenvalue weighted by molar-refractivity contribution is 7.92. The molecule has 18 heavy (non-hydrogen) atoms. The van der Waals surface area contributed by atoms with E-state index in [0.717, 1.165) is 0 Å². The molecular formula is C10H9ClF2N2O2S. The van der Waals surface area contributed by atoms with Gasteiger partial charge < -0.3 is 0 Å². The van der Waals surface area contributed by atoms with Gasteiger partial charge in [-0.1, -0.05) is 11.6 Å². The first-order valence-corrected chi connectivity index (χ1v) is 6.93. The van der Waals surface area contributed by atoms with Gasteiger partial charge in [-0.3, -0.25) is 5.43 Å². The Balaban J connectivity index is 2.22. The summed E-state index contributed by atoms with van der Waals surface area (Å²) in [6.07, 6.45) is -3.06. The van der Waals surface area contributed by atoms with Crippen molar-refractivity contribution in [3.8, 4) is 0 Å². The van der Waals surface area contributed by atoms with Crippen LogP contribution in [0.3, 0.4) is 0 Å². The number of hydrogen-bond acceptors (Lipinski definition) is 4. The second kappa shape index (κ2) is 4.81. The fourth-order valence-electron chi connectivity index (χ4n) is 1.54. The molecule has 1 aromatic rings. The van der Waals surface area contributed by atoms with Gasteiger partial charge in [0, 0.05) is 11.4 Å². The van der Waals surface area contributed by atoms with Crippen LogP contribution in [0.25, 0.3) is 0 Å². The maximum atomic E-state index is 12.4. The lowest BCUT2D eigenvalue weighted by atomic mass is 10.3. The number of rotatable bonds is 3. The van der Waals surface area contributed by atoms with Crippen molar-refractivity contribution in [2.45, 2.75) is 23.1 Å². The zero-order chi connectivity index (χ0) is 13.3. The third kappa shape index (κ3) is 2.46. The topological polar surface area (TPSA) is 58.5 Å². The van der Waals surface area contributed by atoms with Crippen LogP contribution in [0.2, 0.25) is 5.02 Å². The van der Waals surface area contributed by atoms with Gasteiger partial charge in [-0.05, 0) is 24.3 Å². The third-order valence-corrected chi connectivity index (χ3v) is 4.72. The molecule has 0 aromatic heterocycles. The Kier molecular flexibility index (Phi) is 3.54. The van der Waals surface area contributed by atoms with E-state index in [2.05, 4.69) is 10.5 Å². The molecule has 0 bridgehead atoms. The normalized spacial score (nSPS) is 19.8. The van der Waals surface area contributed by atoms with Crippen LogP contribution in [0.5, 0.6) is 0 Å². The van der Waals surface area contributed by atoms with Crippen molar-refractivity contribution >= 4 is 27.1 Å². The van der Waals surface area contributed by atoms with E-state index in [0.29, 0.717) is 5.02 Å². The van der Waals surface area contributed by atoms with E-state index in [1.165, 1.54) is 24.3 Å². The smallest absolute Gasteiger partial charge is 0.278 e. The minimum absolute atomic E-state index is 0.0233. The van der Waals surface area contributed by atoms with Crippen LogP contribution >= 0.6 is 11.6 Å². The van der Waals surface area contributed by atoms with Gasteiger partial charge in [0.2, 0.25) is 9.84 Å². The van der Waals surface area contributed by atoms with Crippen LogP contribution in [-0.2, 0) is 9.84 Å². The van der Waals surface area contributed by atoms with E-state index in [-0.39, 0.29) is 11.3 Å². The highest BCUT2D eigenvalue weighted by Gasteiger charge is 2.34. The first kappa shape index (κ1) is 13.2. The van der Waals surface area contributed by atoms with Crippen molar-refractivity contribution in [2.75, 3.05) is 0 Å². The lowest BCUT2D eigenvalue weighted by molar-refractivity contribution is 0.224. The second-order valence-electron chi connectivity index (χ2n) is 3.72. The molecule has 0 spiro atoms. The summed E-state index contributed by atoms with van der Waals surface area (Å²) < 4.78 is 48.9. The van der Waals surface area contributed by atoms with E-state index in [1.54, 1.807) is 0 Å². The first-order chi connectivity index (χ1) is 8.41. The molecule has 1 aliphatic rings. The van der Waals surface area contributed by atoms with Crippen molar-refractivity contribution in [3.63, 3.8) is 0 Å². The molecule has 1 unspecified atom stereocenters. The van der Waals surface area contributed by atoms with Crippen molar-refractivity contribution in [2.24, 2.45) is 5.10 Å². The van der Waals surface area contributed by atoms with Gasteiger partial charge in [-0.15, -0.1) is 0 Å². The number of nitrogens with zero attached hydrogens (tertiary/aromatic N) is 1. The maximum absolute atomic E-state index is 12.4. The number of hydrazone groups is 1. The van der Waals surface area contributed by atoms with Crippen molar-refractivity contribution < 1.29 is 17.2 Å². The standard InChI is InChI=1S/C10H9ClF2N2O2S/c11-6-1-3-7(4-2-6)18(16,17)9-5-8(10(12)13)14-15-9/h1-4,9-10,15H,5H2. The number of hydrogen-bond donors (Lipinski definition) is 1. The largest absolute Gasteiger partial charge is 0.291 e. The zero-order valence-electron chi connectivity index (χ0n) is 8.98. The van der Waals surface area contributed by atoms with E-state index in [4.69, 9.17) is 11.6 Å². The molecule has 0 saturated heterocycles. The minimum atomic E-state index is -3.74. The number of nitrogens with one attached hydrogen (secondary N) is 1. The second-order valence-corrected chi connectivity index (χ2v) is 6.29. The molecule has 4 nitrogen and oxygen atoms in total. The fourth-order valence-corrected chi connectivity index (χ4v) is 3.09. The van der Waals surface area contributed by atoms with Gasteiger partial charge in [0.25, 0.3) is 6.43 Å². The maximum Gasteiger partial charge on any atom is 0.278 e. The highest BCUT2D eigenvalue weighted by atomic mass is 35.5. The molecule has 1 aromatic carbocycles. The lowest BCUT2D eigenvalue weighted by Gasteiger charge is -2.11. The van der Waals surface area contributed by atoms with Gasteiger partial charge in [0.05, 0.1) is 4.90 Å². The van der Waals surface area contributed by atoms with E-state index >= 15 is 0 Å². The number of sulfone groups is 1. The summed E-state index contributed by atoms with van der Waals surface area (Å²) in [6.45, 7) is 0. The van der Waals surface area contributed by atoms with Crippen LogP contribution in [-0.4, -0.2) is 25.9 Å². The number of halogens is 3. The third-order valence-electron chi connectivity index (χ3n) is 2.52. The Morgan fingerprint density at radius 3 is 2.44 bits per heavy atom. The van der Waals surface area contributed by atoms with Gasteiger partial charge >= 0.3 is 0 Å². The fraction of sp³-hybridized carbons (Fsp3) is 0.300. The average molecular weight is 295 g/mol. The van der Waals surface area contributed by atoms with Gasteiger partial charge in [-0.25, -0.2) is 17.2 Å². The monoisotopic (exact) mass is 294 g/mol. The number of benzene rings is 1. The quantitative estimate of drug-likeness (QED) is 0.928. The summed E-state index contributed by atoms with van der Waals surface area (Å²) in [5, 5.41) is 2.59. The summed E-state index contributed by atoms with van der Waals surface area (Å²) >= 11 is 5.65. The molecule has 1 N–H and O–H groups in total. The molecule has 0 saturated carbocycles. The predicted molar refractivity (Wildman–Crippen MR) is 63.6 cm³/mol. The Morgan fingerprint density at radius 1 is 1.33 bits per heavy atom. The summed E-state index contributed by atoms with van der Waals surface area (Å²) in [4.78, 5) is 0.0233. The Bertz CT molecular complexity index is 572. The summed E-state index contributed by atoms with van der Waals surface area (Å²) in [7, 11) is -3.74. The average Bonchev–Trinajstić information content (AvgIpc) is 2.79. The van der Waals surface area contributed by atoms with Crippen molar-refractivity contribution in [1.82, 2.24) is 5.43 Å². The predicted octanol–water partition coefficient (Wildman–Crippen LogP) is 2.05. The highest BCUT2D eigenvalue weighted by Crippen LogP contribution is 2.23. The molecule has 0 fully saturated rings. The Hall–Kier alpha value is -1.21. The molecule has 1 aliphatic heterocycles. The van der Waals surface area contributed by atoms with Crippen LogP contribution < -0.4 is 5.43 Å². The molecule has 1 heterocycles. The van der Waals surface area contributed by atoms with Gasteiger partial charge in [0.1, 0.15) is 5.71 Å². The molecule has 0 aliphatic carbocycles. The minimum Gasteiger partial charge on any atom is -0.291 e. The molecular weight excluding hydrogens is 286 g/mol. The molecule has 2 rings (SSSR count). The van der Waals surface area contributed by atoms with Gasteiger partial charge in [0.15, 0.2) is 5.37 Å². The van der Waals surface area contributed by atoms with E-state index < -0.39 is 27.3 Å². The van der Waals surface area contributed by atoms with E-state index in [1.807, 2.05) is 0 Å². The molecule has 0 amide bonds. The van der Waals surface area contributed by atoms with Crippen LogP contribution in [0, 0.1) is 0 Å².